The van der Waals surface area contributed by atoms with Gasteiger partial charge in [-0.25, -0.2) is 0 Å². The van der Waals surface area contributed by atoms with Gasteiger partial charge in [0.05, 0.1) is 0 Å². The summed E-state index contributed by atoms with van der Waals surface area (Å²) in [4.78, 5) is 2.61. The summed E-state index contributed by atoms with van der Waals surface area (Å²) in [6.07, 6.45) is 4.02. The molecule has 0 aromatic carbocycles. The minimum Gasteiger partial charge on any atom is -0.300 e. The van der Waals surface area contributed by atoms with Gasteiger partial charge in [-0.05, 0) is 61.7 Å². The van der Waals surface area contributed by atoms with Gasteiger partial charge in [-0.2, -0.15) is 11.3 Å². The summed E-state index contributed by atoms with van der Waals surface area (Å²) < 4.78 is 0. The fourth-order valence-corrected chi connectivity index (χ4v) is 2.74. The van der Waals surface area contributed by atoms with E-state index in [4.69, 9.17) is 0 Å². The van der Waals surface area contributed by atoms with Gasteiger partial charge < -0.3 is 4.90 Å². The van der Waals surface area contributed by atoms with Crippen molar-refractivity contribution in [1.29, 1.82) is 0 Å². The second-order valence-corrected chi connectivity index (χ2v) is 4.71. The van der Waals surface area contributed by atoms with Gasteiger partial charge in [0, 0.05) is 6.04 Å². The fourth-order valence-electron chi connectivity index (χ4n) is 2.06. The van der Waals surface area contributed by atoms with Crippen LogP contribution in [-0.4, -0.2) is 24.0 Å². The van der Waals surface area contributed by atoms with Gasteiger partial charge in [0.25, 0.3) is 0 Å². The van der Waals surface area contributed by atoms with Crippen molar-refractivity contribution >= 4 is 11.3 Å². The van der Waals surface area contributed by atoms with Crippen molar-refractivity contribution in [2.75, 3.05) is 13.1 Å². The largest absolute Gasteiger partial charge is 0.300 e. The Kier molecular flexibility index (Phi) is 3.01. The smallest absolute Gasteiger partial charge is 0.0108 e. The van der Waals surface area contributed by atoms with Gasteiger partial charge in [0.2, 0.25) is 0 Å². The average molecular weight is 195 g/mol. The van der Waals surface area contributed by atoms with Crippen molar-refractivity contribution in [1.82, 2.24) is 4.90 Å². The summed E-state index contributed by atoms with van der Waals surface area (Å²) in [7, 11) is 0. The van der Waals surface area contributed by atoms with Crippen LogP contribution in [0.4, 0.5) is 0 Å². The van der Waals surface area contributed by atoms with Crippen LogP contribution < -0.4 is 0 Å². The van der Waals surface area contributed by atoms with E-state index in [1.165, 1.54) is 37.9 Å². The zero-order chi connectivity index (χ0) is 9.10. The molecule has 1 atom stereocenters. The molecule has 1 saturated heterocycles. The van der Waals surface area contributed by atoms with Crippen LogP contribution in [0.15, 0.2) is 16.8 Å². The Balaban J connectivity index is 1.87. The number of nitrogens with zero attached hydrogens (tertiary/aromatic N) is 1. The molecule has 1 aromatic heterocycles. The maximum atomic E-state index is 2.61. The van der Waals surface area contributed by atoms with E-state index < -0.39 is 0 Å². The Morgan fingerprint density at radius 3 is 2.85 bits per heavy atom. The van der Waals surface area contributed by atoms with E-state index in [1.54, 1.807) is 11.3 Å². The zero-order valence-corrected chi connectivity index (χ0v) is 9.02. The molecule has 2 rings (SSSR count). The summed E-state index contributed by atoms with van der Waals surface area (Å²) >= 11 is 1.81. The first-order valence-corrected chi connectivity index (χ1v) is 6.05. The molecule has 0 bridgehead atoms. The number of hydrogen-bond acceptors (Lipinski definition) is 2. The van der Waals surface area contributed by atoms with Crippen molar-refractivity contribution in [3.05, 3.63) is 22.4 Å². The van der Waals surface area contributed by atoms with Crippen molar-refractivity contribution in [2.24, 2.45) is 0 Å². The van der Waals surface area contributed by atoms with Crippen LogP contribution in [-0.2, 0) is 6.42 Å². The van der Waals surface area contributed by atoms with E-state index in [-0.39, 0.29) is 0 Å². The van der Waals surface area contributed by atoms with Gasteiger partial charge in [-0.3, -0.25) is 0 Å². The van der Waals surface area contributed by atoms with Gasteiger partial charge in [-0.1, -0.05) is 0 Å². The highest BCUT2D eigenvalue weighted by atomic mass is 32.1. The molecule has 2 heteroatoms. The summed E-state index contributed by atoms with van der Waals surface area (Å²) in [5.74, 6) is 0. The van der Waals surface area contributed by atoms with Crippen LogP contribution in [0.3, 0.4) is 0 Å². The molecular formula is C11H17NS. The minimum atomic E-state index is 0.733. The predicted molar refractivity (Wildman–Crippen MR) is 58.3 cm³/mol. The Labute approximate surface area is 84.4 Å². The summed E-state index contributed by atoms with van der Waals surface area (Å²) in [5, 5.41) is 4.44. The lowest BCUT2D eigenvalue weighted by Crippen LogP contribution is -2.31. The molecule has 1 aromatic rings. The SMILES string of the molecule is CC(Cc1ccsc1)N1CCCC1. The van der Waals surface area contributed by atoms with Gasteiger partial charge in [0.1, 0.15) is 0 Å². The highest BCUT2D eigenvalue weighted by Gasteiger charge is 2.17. The molecule has 0 amide bonds. The van der Waals surface area contributed by atoms with Gasteiger partial charge in [0.15, 0.2) is 0 Å². The number of hydrogen-bond donors (Lipinski definition) is 0. The number of likely N-dealkylation sites (tertiary alicyclic amines) is 1. The van der Waals surface area contributed by atoms with Crippen molar-refractivity contribution in [3.8, 4) is 0 Å². The maximum absolute atomic E-state index is 2.61. The van der Waals surface area contributed by atoms with Crippen LogP contribution in [0, 0.1) is 0 Å². The molecule has 0 radical (unpaired) electrons. The normalized spacial score (nSPS) is 20.7. The predicted octanol–water partition coefficient (Wildman–Crippen LogP) is 2.77. The lowest BCUT2D eigenvalue weighted by molar-refractivity contribution is 0.258. The first-order chi connectivity index (χ1) is 6.36. The molecule has 1 aliphatic rings. The number of thiophene rings is 1. The molecule has 0 aliphatic carbocycles. The molecule has 72 valence electrons. The lowest BCUT2D eigenvalue weighted by atomic mass is 10.1. The molecule has 13 heavy (non-hydrogen) atoms. The van der Waals surface area contributed by atoms with Crippen LogP contribution >= 0.6 is 11.3 Å². The van der Waals surface area contributed by atoms with Gasteiger partial charge >= 0.3 is 0 Å². The Hall–Kier alpha value is -0.340. The van der Waals surface area contributed by atoms with Crippen LogP contribution in [0.5, 0.6) is 0 Å². The molecule has 0 N–H and O–H groups in total. The lowest BCUT2D eigenvalue weighted by Gasteiger charge is -2.23. The Morgan fingerprint density at radius 1 is 1.46 bits per heavy atom. The Morgan fingerprint density at radius 2 is 2.23 bits per heavy atom. The third-order valence-corrected chi connectivity index (χ3v) is 3.61. The van der Waals surface area contributed by atoms with E-state index in [1.807, 2.05) is 0 Å². The molecule has 0 saturated carbocycles. The third-order valence-electron chi connectivity index (χ3n) is 2.88. The van der Waals surface area contributed by atoms with E-state index in [9.17, 15) is 0 Å². The van der Waals surface area contributed by atoms with Crippen molar-refractivity contribution < 1.29 is 0 Å². The van der Waals surface area contributed by atoms with E-state index in [0.29, 0.717) is 0 Å². The standard InChI is InChI=1S/C11H17NS/c1-10(12-5-2-3-6-12)8-11-4-7-13-9-11/h4,7,9-10H,2-3,5-6,8H2,1H3. The van der Waals surface area contributed by atoms with Crippen LogP contribution in [0.25, 0.3) is 0 Å². The van der Waals surface area contributed by atoms with E-state index >= 15 is 0 Å². The Bertz CT molecular complexity index is 237. The summed E-state index contributed by atoms with van der Waals surface area (Å²) in [6.45, 7) is 4.97. The van der Waals surface area contributed by atoms with E-state index in [2.05, 4.69) is 28.7 Å². The molecule has 0 spiro atoms. The van der Waals surface area contributed by atoms with E-state index in [0.717, 1.165) is 6.04 Å². The third kappa shape index (κ3) is 2.32. The first-order valence-electron chi connectivity index (χ1n) is 5.11. The van der Waals surface area contributed by atoms with Crippen molar-refractivity contribution in [3.63, 3.8) is 0 Å². The minimum absolute atomic E-state index is 0.733. The zero-order valence-electron chi connectivity index (χ0n) is 8.20. The number of rotatable bonds is 3. The highest BCUT2D eigenvalue weighted by molar-refractivity contribution is 7.07. The molecule has 1 unspecified atom stereocenters. The maximum Gasteiger partial charge on any atom is 0.0108 e. The van der Waals surface area contributed by atoms with Gasteiger partial charge in [-0.15, -0.1) is 0 Å². The fraction of sp³-hybridized carbons (Fsp3) is 0.636. The first kappa shape index (κ1) is 9.22. The van der Waals surface area contributed by atoms with Crippen LogP contribution in [0.2, 0.25) is 0 Å². The highest BCUT2D eigenvalue weighted by Crippen LogP contribution is 2.16. The monoisotopic (exact) mass is 195 g/mol. The average Bonchev–Trinajstić information content (AvgIpc) is 2.74. The summed E-state index contributed by atoms with van der Waals surface area (Å²) in [5.41, 5.74) is 1.50. The quantitative estimate of drug-likeness (QED) is 0.717. The molecule has 1 aliphatic heterocycles. The molecule has 1 nitrogen and oxygen atoms in total. The summed E-state index contributed by atoms with van der Waals surface area (Å²) in [6, 6.07) is 2.98. The molecule has 2 heterocycles. The second-order valence-electron chi connectivity index (χ2n) is 3.93. The molecule has 1 fully saturated rings. The molecular weight excluding hydrogens is 178 g/mol. The second kappa shape index (κ2) is 4.25. The topological polar surface area (TPSA) is 3.24 Å². The van der Waals surface area contributed by atoms with Crippen LogP contribution in [0.1, 0.15) is 25.3 Å². The van der Waals surface area contributed by atoms with Crippen molar-refractivity contribution in [2.45, 2.75) is 32.2 Å².